The van der Waals surface area contributed by atoms with E-state index >= 15 is 0 Å². The number of nitrogens with zero attached hydrogens (tertiary/aromatic N) is 2. The lowest BCUT2D eigenvalue weighted by atomic mass is 10.1. The number of furan rings is 1. The average molecular weight is 500 g/mol. The normalized spacial score (nSPS) is 15.2. The van der Waals surface area contributed by atoms with Gasteiger partial charge in [-0.25, -0.2) is 0 Å². The van der Waals surface area contributed by atoms with Crippen LogP contribution in [0.4, 0.5) is 18.0 Å². The Hall–Kier alpha value is -3.79. The fraction of sp³-hybridized carbons (Fsp3) is 0.160. The van der Waals surface area contributed by atoms with E-state index in [1.165, 1.54) is 23.3 Å². The van der Waals surface area contributed by atoms with Gasteiger partial charge < -0.3 is 9.32 Å². The summed E-state index contributed by atoms with van der Waals surface area (Å²) < 4.78 is 43.5. The summed E-state index contributed by atoms with van der Waals surface area (Å²) in [5, 5.41) is -0.507. The molecule has 0 bridgehead atoms. The number of amides is 3. The van der Waals surface area contributed by atoms with Gasteiger partial charge in [0.1, 0.15) is 5.76 Å². The van der Waals surface area contributed by atoms with Crippen molar-refractivity contribution < 1.29 is 32.0 Å². The van der Waals surface area contributed by atoms with E-state index in [4.69, 9.17) is 4.42 Å². The molecule has 10 heteroatoms. The van der Waals surface area contributed by atoms with Gasteiger partial charge in [0, 0.05) is 12.6 Å². The first-order chi connectivity index (χ1) is 16.6. The molecule has 1 fully saturated rings. The quantitative estimate of drug-likeness (QED) is 0.400. The lowest BCUT2D eigenvalue weighted by Crippen LogP contribution is -2.27. The minimum Gasteiger partial charge on any atom is -0.467 e. The van der Waals surface area contributed by atoms with E-state index < -0.39 is 22.9 Å². The highest BCUT2D eigenvalue weighted by Gasteiger charge is 2.35. The highest BCUT2D eigenvalue weighted by molar-refractivity contribution is 8.18. The number of carbonyl (C=O) groups excluding carboxylic acids is 3. The maximum absolute atomic E-state index is 12.7. The van der Waals surface area contributed by atoms with Gasteiger partial charge in [-0.05, 0) is 65.4 Å². The molecule has 35 heavy (non-hydrogen) atoms. The minimum absolute atomic E-state index is 0.129. The van der Waals surface area contributed by atoms with Crippen molar-refractivity contribution in [2.45, 2.75) is 19.3 Å². The first-order valence-electron chi connectivity index (χ1n) is 10.4. The van der Waals surface area contributed by atoms with Crippen LogP contribution in [0.15, 0.2) is 76.2 Å². The molecular weight excluding hydrogens is 481 g/mol. The van der Waals surface area contributed by atoms with Crippen LogP contribution in [0.25, 0.3) is 6.08 Å². The van der Waals surface area contributed by atoms with Crippen LogP contribution in [-0.2, 0) is 24.1 Å². The molecule has 1 aliphatic rings. The number of benzene rings is 2. The predicted molar refractivity (Wildman–Crippen MR) is 124 cm³/mol. The van der Waals surface area contributed by atoms with E-state index in [1.807, 2.05) is 0 Å². The molecule has 0 saturated carbocycles. The van der Waals surface area contributed by atoms with Crippen molar-refractivity contribution in [3.8, 4) is 0 Å². The third-order valence-electron chi connectivity index (χ3n) is 5.27. The highest BCUT2D eigenvalue weighted by atomic mass is 32.2. The number of thioether (sulfide) groups is 1. The van der Waals surface area contributed by atoms with E-state index in [9.17, 15) is 27.6 Å². The minimum atomic E-state index is -4.46. The van der Waals surface area contributed by atoms with Crippen LogP contribution >= 0.6 is 11.8 Å². The van der Waals surface area contributed by atoms with Gasteiger partial charge >= 0.3 is 6.18 Å². The molecule has 0 N–H and O–H groups in total. The largest absolute Gasteiger partial charge is 0.467 e. The molecule has 2 heterocycles. The van der Waals surface area contributed by atoms with Crippen LogP contribution in [0, 0.1) is 0 Å². The lowest BCUT2D eigenvalue weighted by molar-refractivity contribution is -0.137. The lowest BCUT2D eigenvalue weighted by Gasteiger charge is -2.15. The summed E-state index contributed by atoms with van der Waals surface area (Å²) in [6, 6.07) is 14.4. The van der Waals surface area contributed by atoms with E-state index in [0.717, 1.165) is 28.8 Å². The Morgan fingerprint density at radius 1 is 1.06 bits per heavy atom. The van der Waals surface area contributed by atoms with Crippen molar-refractivity contribution in [2.75, 3.05) is 7.05 Å². The van der Waals surface area contributed by atoms with Gasteiger partial charge in [-0.2, -0.15) is 13.2 Å². The molecule has 0 aliphatic carbocycles. The van der Waals surface area contributed by atoms with Crippen LogP contribution in [0.2, 0.25) is 0 Å². The molecule has 0 spiro atoms. The molecule has 0 atom stereocenters. The maximum atomic E-state index is 12.7. The monoisotopic (exact) mass is 500 g/mol. The summed E-state index contributed by atoms with van der Waals surface area (Å²) in [6.07, 6.45) is -1.38. The first kappa shape index (κ1) is 24.3. The predicted octanol–water partition coefficient (Wildman–Crippen LogP) is 5.81. The van der Waals surface area contributed by atoms with Gasteiger partial charge in [0.2, 0.25) is 0 Å². The Kier molecular flexibility index (Phi) is 6.83. The maximum Gasteiger partial charge on any atom is 0.416 e. The number of alkyl halides is 3. The smallest absolute Gasteiger partial charge is 0.416 e. The molecule has 1 saturated heterocycles. The van der Waals surface area contributed by atoms with E-state index in [1.54, 1.807) is 49.5 Å². The third-order valence-corrected chi connectivity index (χ3v) is 6.18. The number of hydrogen-bond donors (Lipinski definition) is 0. The van der Waals surface area contributed by atoms with Gasteiger partial charge in [-0.1, -0.05) is 24.3 Å². The molecule has 0 unspecified atom stereocenters. The molecular formula is C25H19F3N2O4S. The Morgan fingerprint density at radius 2 is 1.74 bits per heavy atom. The molecule has 1 aromatic heterocycles. The molecule has 0 radical (unpaired) electrons. The van der Waals surface area contributed by atoms with Crippen molar-refractivity contribution in [3.05, 3.63) is 99.8 Å². The van der Waals surface area contributed by atoms with Gasteiger partial charge in [-0.15, -0.1) is 0 Å². The Labute approximate surface area is 203 Å². The highest BCUT2D eigenvalue weighted by Crippen LogP contribution is 2.34. The molecule has 3 amide bonds. The van der Waals surface area contributed by atoms with Crippen molar-refractivity contribution >= 4 is 34.9 Å². The summed E-state index contributed by atoms with van der Waals surface area (Å²) >= 11 is 0.754. The molecule has 1 aliphatic heterocycles. The van der Waals surface area contributed by atoms with Crippen molar-refractivity contribution in [1.29, 1.82) is 0 Å². The molecule has 2 aromatic carbocycles. The van der Waals surface area contributed by atoms with E-state index in [2.05, 4.69) is 0 Å². The second-order valence-electron chi connectivity index (χ2n) is 7.83. The summed E-state index contributed by atoms with van der Waals surface area (Å²) in [7, 11) is 1.66. The van der Waals surface area contributed by atoms with E-state index in [-0.39, 0.29) is 17.4 Å². The zero-order chi connectivity index (χ0) is 25.2. The summed E-state index contributed by atoms with van der Waals surface area (Å²) in [4.78, 5) is 40.4. The van der Waals surface area contributed by atoms with Gasteiger partial charge in [0.15, 0.2) is 0 Å². The number of rotatable bonds is 6. The van der Waals surface area contributed by atoms with Crippen molar-refractivity contribution in [2.24, 2.45) is 0 Å². The van der Waals surface area contributed by atoms with Gasteiger partial charge in [0.05, 0.1) is 29.8 Å². The summed E-state index contributed by atoms with van der Waals surface area (Å²) in [5.41, 5.74) is 0.675. The molecule has 180 valence electrons. The summed E-state index contributed by atoms with van der Waals surface area (Å²) in [5.74, 6) is -0.0764. The van der Waals surface area contributed by atoms with Crippen molar-refractivity contribution in [1.82, 2.24) is 9.80 Å². The first-order valence-corrected chi connectivity index (χ1v) is 11.2. The zero-order valence-electron chi connectivity index (χ0n) is 18.4. The average Bonchev–Trinajstić information content (AvgIpc) is 3.42. The Bertz CT molecular complexity index is 1270. The van der Waals surface area contributed by atoms with Crippen molar-refractivity contribution in [3.63, 3.8) is 0 Å². The van der Waals surface area contributed by atoms with Crippen LogP contribution in [0.3, 0.4) is 0 Å². The second-order valence-corrected chi connectivity index (χ2v) is 8.82. The van der Waals surface area contributed by atoms with Crippen LogP contribution in [0.5, 0.6) is 0 Å². The van der Waals surface area contributed by atoms with E-state index in [0.29, 0.717) is 29.0 Å². The fourth-order valence-electron chi connectivity index (χ4n) is 3.42. The Balaban J connectivity index is 1.42. The fourth-order valence-corrected chi connectivity index (χ4v) is 4.26. The standard InChI is InChI=1S/C25H19F3N2O4S/c1-29(15-20-3-2-12-34-20)22(31)18-8-4-16(5-9-18)13-21-23(32)30(24(33)35-21)14-17-6-10-19(11-7-17)25(26,27)28/h2-13H,14-15H2,1H3/b21-13-. The number of carbonyl (C=O) groups is 3. The van der Waals surface area contributed by atoms with Crippen LogP contribution in [-0.4, -0.2) is 33.9 Å². The van der Waals surface area contributed by atoms with Gasteiger partial charge in [-0.3, -0.25) is 19.3 Å². The second kappa shape index (κ2) is 9.83. The molecule has 3 aromatic rings. The molecule has 4 rings (SSSR count). The number of imide groups is 1. The Morgan fingerprint density at radius 3 is 2.34 bits per heavy atom. The SMILES string of the molecule is CN(Cc1ccco1)C(=O)c1ccc(/C=C2\SC(=O)N(Cc3ccc(C(F)(F)F)cc3)C2=O)cc1. The van der Waals surface area contributed by atoms with Crippen LogP contribution < -0.4 is 0 Å². The van der Waals surface area contributed by atoms with Gasteiger partial charge in [0.25, 0.3) is 17.1 Å². The number of hydrogen-bond acceptors (Lipinski definition) is 5. The number of halogens is 3. The van der Waals surface area contributed by atoms with Crippen LogP contribution in [0.1, 0.15) is 32.8 Å². The summed E-state index contributed by atoms with van der Waals surface area (Å²) in [6.45, 7) is 0.190. The zero-order valence-corrected chi connectivity index (χ0v) is 19.2. The molecule has 6 nitrogen and oxygen atoms in total. The topological polar surface area (TPSA) is 70.8 Å². The third kappa shape index (κ3) is 5.65.